The molecule has 0 fully saturated rings. The topological polar surface area (TPSA) is 51.0 Å². The van der Waals surface area contributed by atoms with E-state index in [1.165, 1.54) is 22.7 Å². The first-order valence-electron chi connectivity index (χ1n) is 6.81. The van der Waals surface area contributed by atoms with E-state index < -0.39 is 0 Å². The maximum atomic E-state index is 4.99. The first-order chi connectivity index (χ1) is 9.84. The lowest BCUT2D eigenvalue weighted by Crippen LogP contribution is -2.21. The van der Waals surface area contributed by atoms with Crippen LogP contribution < -0.4 is 5.32 Å². The Morgan fingerprint density at radius 2 is 2.00 bits per heavy atom. The molecule has 1 N–H and O–H groups in total. The molecule has 3 rings (SSSR count). The van der Waals surface area contributed by atoms with Crippen LogP contribution in [0.4, 0.5) is 0 Å². The second-order valence-electron chi connectivity index (χ2n) is 4.83. The smallest absolute Gasteiger partial charge is 0.227 e. The van der Waals surface area contributed by atoms with Crippen LogP contribution in [0.3, 0.4) is 0 Å². The van der Waals surface area contributed by atoms with Gasteiger partial charge in [-0.3, -0.25) is 0 Å². The lowest BCUT2D eigenvalue weighted by molar-refractivity contribution is 0.372. The van der Waals surface area contributed by atoms with Gasteiger partial charge >= 0.3 is 0 Å². The van der Waals surface area contributed by atoms with E-state index in [0.29, 0.717) is 5.89 Å². The highest BCUT2D eigenvalue weighted by Gasteiger charge is 2.09. The number of nitrogens with zero attached hydrogens (tertiary/aromatic N) is 2. The van der Waals surface area contributed by atoms with Crippen LogP contribution in [0.15, 0.2) is 53.3 Å². The molecule has 1 heterocycles. The van der Waals surface area contributed by atoms with Gasteiger partial charge in [-0.2, -0.15) is 4.98 Å². The summed E-state index contributed by atoms with van der Waals surface area (Å²) in [6.07, 6.45) is 2.18. The second-order valence-corrected chi connectivity index (χ2v) is 4.83. The van der Waals surface area contributed by atoms with E-state index in [1.807, 2.05) is 0 Å². The van der Waals surface area contributed by atoms with E-state index in [-0.39, 0.29) is 6.04 Å². The van der Waals surface area contributed by atoms with Gasteiger partial charge in [0.15, 0.2) is 6.33 Å². The Morgan fingerprint density at radius 3 is 2.85 bits per heavy atom. The van der Waals surface area contributed by atoms with Gasteiger partial charge in [-0.25, -0.2) is 0 Å². The van der Waals surface area contributed by atoms with Crippen molar-refractivity contribution >= 4 is 10.8 Å². The summed E-state index contributed by atoms with van der Waals surface area (Å²) in [6.45, 7) is 2.99. The Labute approximate surface area is 117 Å². The normalized spacial score (nSPS) is 12.7. The molecule has 0 saturated carbocycles. The third kappa shape index (κ3) is 2.70. The molecule has 3 aromatic rings. The van der Waals surface area contributed by atoms with Gasteiger partial charge in [-0.1, -0.05) is 47.6 Å². The van der Waals surface area contributed by atoms with E-state index in [9.17, 15) is 0 Å². The first-order valence-corrected chi connectivity index (χ1v) is 6.81. The lowest BCUT2D eigenvalue weighted by atomic mass is 10.00. The first kappa shape index (κ1) is 12.8. The summed E-state index contributed by atoms with van der Waals surface area (Å²) in [5, 5.41) is 9.68. The molecule has 102 valence electrons. The lowest BCUT2D eigenvalue weighted by Gasteiger charge is -2.16. The van der Waals surface area contributed by atoms with Gasteiger partial charge in [0.25, 0.3) is 0 Å². The van der Waals surface area contributed by atoms with Crippen LogP contribution >= 0.6 is 0 Å². The van der Waals surface area contributed by atoms with E-state index in [2.05, 4.69) is 64.8 Å². The summed E-state index contributed by atoms with van der Waals surface area (Å²) < 4.78 is 4.99. The molecule has 4 nitrogen and oxygen atoms in total. The van der Waals surface area contributed by atoms with Crippen LogP contribution in [0.5, 0.6) is 0 Å². The highest BCUT2D eigenvalue weighted by Crippen LogP contribution is 2.23. The number of hydrogen-bond acceptors (Lipinski definition) is 4. The van der Waals surface area contributed by atoms with Crippen LogP contribution in [-0.4, -0.2) is 16.7 Å². The molecule has 0 bridgehead atoms. The standard InChI is InChI=1S/C16H17N3O/c1-12(17-10-9-16-18-11-19-20-16)14-8-4-6-13-5-2-3-7-15(13)14/h2-8,11-12,17H,9-10H2,1H3. The maximum Gasteiger partial charge on any atom is 0.227 e. The van der Waals surface area contributed by atoms with E-state index in [1.54, 1.807) is 0 Å². The van der Waals surface area contributed by atoms with Crippen molar-refractivity contribution in [3.8, 4) is 0 Å². The number of rotatable bonds is 5. The van der Waals surface area contributed by atoms with E-state index >= 15 is 0 Å². The number of benzene rings is 2. The van der Waals surface area contributed by atoms with Crippen molar-refractivity contribution in [3.05, 3.63) is 60.2 Å². The molecule has 0 spiro atoms. The van der Waals surface area contributed by atoms with Crippen molar-refractivity contribution in [1.29, 1.82) is 0 Å². The zero-order valence-electron chi connectivity index (χ0n) is 11.4. The van der Waals surface area contributed by atoms with Crippen molar-refractivity contribution < 1.29 is 4.52 Å². The quantitative estimate of drug-likeness (QED) is 0.771. The van der Waals surface area contributed by atoms with Crippen molar-refractivity contribution in [1.82, 2.24) is 15.5 Å². The molecule has 4 heteroatoms. The molecule has 0 radical (unpaired) electrons. The van der Waals surface area contributed by atoms with Gasteiger partial charge in [-0.05, 0) is 23.3 Å². The van der Waals surface area contributed by atoms with Crippen molar-refractivity contribution in [2.24, 2.45) is 0 Å². The van der Waals surface area contributed by atoms with Crippen LogP contribution in [0.1, 0.15) is 24.4 Å². The van der Waals surface area contributed by atoms with Crippen LogP contribution in [0, 0.1) is 0 Å². The van der Waals surface area contributed by atoms with Crippen molar-refractivity contribution in [2.45, 2.75) is 19.4 Å². The molecular weight excluding hydrogens is 250 g/mol. The molecule has 0 aliphatic heterocycles. The molecule has 1 unspecified atom stereocenters. The monoisotopic (exact) mass is 267 g/mol. The molecule has 1 aromatic heterocycles. The summed E-state index contributed by atoms with van der Waals surface area (Å²) in [6, 6.07) is 15.2. The molecule has 2 aromatic carbocycles. The fraction of sp³-hybridized carbons (Fsp3) is 0.250. The Balaban J connectivity index is 1.70. The van der Waals surface area contributed by atoms with Crippen molar-refractivity contribution in [3.63, 3.8) is 0 Å². The molecule has 0 aliphatic rings. The summed E-state index contributed by atoms with van der Waals surface area (Å²) in [4.78, 5) is 4.02. The fourth-order valence-electron chi connectivity index (χ4n) is 2.44. The number of hydrogen-bond donors (Lipinski definition) is 1. The summed E-state index contributed by atoms with van der Waals surface area (Å²) >= 11 is 0. The Kier molecular flexibility index (Phi) is 3.74. The molecule has 20 heavy (non-hydrogen) atoms. The average Bonchev–Trinajstić information content (AvgIpc) is 3.00. The van der Waals surface area contributed by atoms with Gasteiger partial charge in [0, 0.05) is 19.0 Å². The van der Waals surface area contributed by atoms with E-state index in [0.717, 1.165) is 13.0 Å². The molecular formula is C16H17N3O. The van der Waals surface area contributed by atoms with Crippen LogP contribution in [-0.2, 0) is 6.42 Å². The van der Waals surface area contributed by atoms with E-state index in [4.69, 9.17) is 4.52 Å². The maximum absolute atomic E-state index is 4.99. The van der Waals surface area contributed by atoms with Gasteiger partial charge < -0.3 is 9.84 Å². The third-order valence-corrected chi connectivity index (χ3v) is 3.49. The predicted octanol–water partition coefficient (Wildman–Crippen LogP) is 3.12. The fourth-order valence-corrected chi connectivity index (χ4v) is 2.44. The SMILES string of the molecule is CC(NCCc1ncno1)c1cccc2ccccc12. The summed E-state index contributed by atoms with van der Waals surface area (Å²) in [7, 11) is 0. The van der Waals surface area contributed by atoms with Gasteiger partial charge in [0.05, 0.1) is 0 Å². The zero-order valence-corrected chi connectivity index (χ0v) is 11.4. The Hall–Kier alpha value is -2.20. The summed E-state index contributed by atoms with van der Waals surface area (Å²) in [5.74, 6) is 0.669. The van der Waals surface area contributed by atoms with Crippen LogP contribution in [0.2, 0.25) is 0 Å². The number of fused-ring (bicyclic) bond motifs is 1. The highest BCUT2D eigenvalue weighted by atomic mass is 16.5. The van der Waals surface area contributed by atoms with Gasteiger partial charge in [-0.15, -0.1) is 0 Å². The molecule has 0 saturated heterocycles. The number of nitrogens with one attached hydrogen (secondary N) is 1. The largest absolute Gasteiger partial charge is 0.340 e. The molecule has 0 aliphatic carbocycles. The van der Waals surface area contributed by atoms with Crippen molar-refractivity contribution in [2.75, 3.05) is 6.54 Å². The minimum absolute atomic E-state index is 0.282. The third-order valence-electron chi connectivity index (χ3n) is 3.49. The van der Waals surface area contributed by atoms with Crippen LogP contribution in [0.25, 0.3) is 10.8 Å². The predicted molar refractivity (Wildman–Crippen MR) is 78.4 cm³/mol. The summed E-state index contributed by atoms with van der Waals surface area (Å²) in [5.41, 5.74) is 1.31. The minimum Gasteiger partial charge on any atom is -0.340 e. The highest BCUT2D eigenvalue weighted by molar-refractivity contribution is 5.86. The Morgan fingerprint density at radius 1 is 1.15 bits per heavy atom. The molecule has 0 amide bonds. The average molecular weight is 267 g/mol. The second kappa shape index (κ2) is 5.84. The minimum atomic E-state index is 0.282. The van der Waals surface area contributed by atoms with Gasteiger partial charge in [0.2, 0.25) is 5.89 Å². The zero-order chi connectivity index (χ0) is 13.8. The Bertz CT molecular complexity index is 674. The van der Waals surface area contributed by atoms with Gasteiger partial charge in [0.1, 0.15) is 0 Å². The molecule has 1 atom stereocenters. The number of aromatic nitrogens is 2.